The number of anilines is 2. The first-order valence-corrected chi connectivity index (χ1v) is 9.26. The molecule has 0 aromatic heterocycles. The monoisotopic (exact) mass is 321 g/mol. The number of piperidine rings is 1. The van der Waals surface area contributed by atoms with Crippen LogP contribution in [0.3, 0.4) is 0 Å². The van der Waals surface area contributed by atoms with Gasteiger partial charge in [-0.05, 0) is 50.9 Å². The number of para-hydroxylation sites is 2. The maximum absolute atomic E-state index is 12.0. The van der Waals surface area contributed by atoms with Crippen LogP contribution in [0, 0.1) is 0 Å². The molecule has 0 atom stereocenters. The molecular weight excluding hydrogens is 294 g/mol. The highest BCUT2D eigenvalue weighted by Gasteiger charge is 2.17. The summed E-state index contributed by atoms with van der Waals surface area (Å²) < 4.78 is 0. The third kappa shape index (κ3) is 5.54. The maximum Gasteiger partial charge on any atom is 0.225 e. The van der Waals surface area contributed by atoms with Crippen molar-refractivity contribution >= 4 is 29.0 Å². The SMILES string of the molecule is CCSCCC(=O)Nc1ccccc1NC1CCN(C)CC1. The highest BCUT2D eigenvalue weighted by Crippen LogP contribution is 2.24. The van der Waals surface area contributed by atoms with Gasteiger partial charge in [-0.3, -0.25) is 4.79 Å². The molecule has 0 spiro atoms. The van der Waals surface area contributed by atoms with Crippen LogP contribution < -0.4 is 10.6 Å². The number of hydrogen-bond donors (Lipinski definition) is 2. The Bertz CT molecular complexity index is 473. The Labute approximate surface area is 138 Å². The summed E-state index contributed by atoms with van der Waals surface area (Å²) in [6.07, 6.45) is 2.86. The van der Waals surface area contributed by atoms with Crippen LogP contribution in [-0.2, 0) is 4.79 Å². The minimum absolute atomic E-state index is 0.0959. The summed E-state index contributed by atoms with van der Waals surface area (Å²) in [4.78, 5) is 14.4. The standard InChI is InChI=1S/C17H27N3OS/c1-3-22-13-10-17(21)19-16-7-5-4-6-15(16)18-14-8-11-20(2)12-9-14/h4-7,14,18H,3,8-13H2,1-2H3,(H,19,21). The molecule has 1 heterocycles. The van der Waals surface area contributed by atoms with Gasteiger partial charge in [-0.2, -0.15) is 11.8 Å². The molecule has 0 aliphatic carbocycles. The zero-order chi connectivity index (χ0) is 15.8. The number of benzene rings is 1. The molecular formula is C17H27N3OS. The van der Waals surface area contributed by atoms with Gasteiger partial charge in [-0.15, -0.1) is 0 Å². The average Bonchev–Trinajstić information content (AvgIpc) is 2.52. The quantitative estimate of drug-likeness (QED) is 0.757. The van der Waals surface area contributed by atoms with E-state index in [9.17, 15) is 4.79 Å². The lowest BCUT2D eigenvalue weighted by atomic mass is 10.0. The molecule has 0 unspecified atom stereocenters. The van der Waals surface area contributed by atoms with Crippen molar-refractivity contribution in [1.29, 1.82) is 0 Å². The predicted octanol–water partition coefficient (Wildman–Crippen LogP) is 3.27. The van der Waals surface area contributed by atoms with Crippen molar-refractivity contribution in [2.24, 2.45) is 0 Å². The van der Waals surface area contributed by atoms with Crippen LogP contribution in [-0.4, -0.2) is 48.5 Å². The molecule has 2 rings (SSSR count). The lowest BCUT2D eigenvalue weighted by molar-refractivity contribution is -0.115. The van der Waals surface area contributed by atoms with Crippen molar-refractivity contribution in [1.82, 2.24) is 4.90 Å². The topological polar surface area (TPSA) is 44.4 Å². The van der Waals surface area contributed by atoms with Gasteiger partial charge in [0.1, 0.15) is 0 Å². The van der Waals surface area contributed by atoms with Crippen molar-refractivity contribution in [3.63, 3.8) is 0 Å². The van der Waals surface area contributed by atoms with Crippen molar-refractivity contribution in [3.05, 3.63) is 24.3 Å². The first-order valence-electron chi connectivity index (χ1n) is 8.10. The molecule has 1 aromatic carbocycles. The van der Waals surface area contributed by atoms with Gasteiger partial charge >= 0.3 is 0 Å². The molecule has 22 heavy (non-hydrogen) atoms. The van der Waals surface area contributed by atoms with E-state index in [4.69, 9.17) is 0 Å². The molecule has 5 heteroatoms. The fraction of sp³-hybridized carbons (Fsp3) is 0.588. The Morgan fingerprint density at radius 1 is 1.27 bits per heavy atom. The zero-order valence-electron chi connectivity index (χ0n) is 13.6. The van der Waals surface area contributed by atoms with Crippen molar-refractivity contribution in [3.8, 4) is 0 Å². The third-order valence-corrected chi connectivity index (χ3v) is 4.86. The van der Waals surface area contributed by atoms with Crippen LogP contribution in [0.1, 0.15) is 26.2 Å². The van der Waals surface area contributed by atoms with Crippen LogP contribution in [0.15, 0.2) is 24.3 Å². The van der Waals surface area contributed by atoms with E-state index in [1.807, 2.05) is 18.2 Å². The van der Waals surface area contributed by atoms with Gasteiger partial charge < -0.3 is 15.5 Å². The number of carbonyl (C=O) groups excluding carboxylic acids is 1. The molecule has 1 amide bonds. The van der Waals surface area contributed by atoms with Gasteiger partial charge in [0, 0.05) is 18.2 Å². The largest absolute Gasteiger partial charge is 0.381 e. The first kappa shape index (κ1) is 17.2. The number of thioether (sulfide) groups is 1. The van der Waals surface area contributed by atoms with Crippen molar-refractivity contribution in [2.45, 2.75) is 32.2 Å². The fourth-order valence-electron chi connectivity index (χ4n) is 2.61. The predicted molar refractivity (Wildman–Crippen MR) is 96.8 cm³/mol. The smallest absolute Gasteiger partial charge is 0.225 e. The van der Waals surface area contributed by atoms with E-state index in [0.29, 0.717) is 12.5 Å². The highest BCUT2D eigenvalue weighted by molar-refractivity contribution is 7.99. The van der Waals surface area contributed by atoms with Gasteiger partial charge in [-0.1, -0.05) is 19.1 Å². The summed E-state index contributed by atoms with van der Waals surface area (Å²) >= 11 is 1.80. The van der Waals surface area contributed by atoms with E-state index < -0.39 is 0 Å². The summed E-state index contributed by atoms with van der Waals surface area (Å²) in [5.41, 5.74) is 1.93. The lowest BCUT2D eigenvalue weighted by Gasteiger charge is -2.30. The third-order valence-electron chi connectivity index (χ3n) is 3.96. The van der Waals surface area contributed by atoms with E-state index in [-0.39, 0.29) is 5.91 Å². The van der Waals surface area contributed by atoms with Gasteiger partial charge in [0.25, 0.3) is 0 Å². The zero-order valence-corrected chi connectivity index (χ0v) is 14.4. The molecule has 2 N–H and O–H groups in total. The van der Waals surface area contributed by atoms with Gasteiger partial charge in [0.05, 0.1) is 11.4 Å². The number of amides is 1. The number of hydrogen-bond acceptors (Lipinski definition) is 4. The van der Waals surface area contributed by atoms with Crippen LogP contribution in [0.2, 0.25) is 0 Å². The Kier molecular flexibility index (Phi) is 7.06. The number of nitrogens with zero attached hydrogens (tertiary/aromatic N) is 1. The Hall–Kier alpha value is -1.20. The summed E-state index contributed by atoms with van der Waals surface area (Å²) in [5.74, 6) is 2.03. The van der Waals surface area contributed by atoms with Crippen LogP contribution in [0.5, 0.6) is 0 Å². The number of carbonyl (C=O) groups is 1. The second kappa shape index (κ2) is 9.06. The van der Waals surface area contributed by atoms with Crippen molar-refractivity contribution in [2.75, 3.05) is 42.3 Å². The average molecular weight is 321 g/mol. The minimum Gasteiger partial charge on any atom is -0.381 e. The van der Waals surface area contributed by atoms with Gasteiger partial charge in [-0.25, -0.2) is 0 Å². The van der Waals surface area contributed by atoms with Crippen molar-refractivity contribution < 1.29 is 4.79 Å². The number of likely N-dealkylation sites (tertiary alicyclic amines) is 1. The molecule has 1 aliphatic heterocycles. The van der Waals surface area contributed by atoms with E-state index in [1.165, 1.54) is 0 Å². The molecule has 1 fully saturated rings. The van der Waals surface area contributed by atoms with Crippen LogP contribution in [0.25, 0.3) is 0 Å². The normalized spacial score (nSPS) is 16.5. The molecule has 122 valence electrons. The first-order chi connectivity index (χ1) is 10.7. The second-order valence-electron chi connectivity index (χ2n) is 5.76. The maximum atomic E-state index is 12.0. The van der Waals surface area contributed by atoms with E-state index in [2.05, 4.69) is 35.6 Å². The van der Waals surface area contributed by atoms with E-state index >= 15 is 0 Å². The Morgan fingerprint density at radius 2 is 1.95 bits per heavy atom. The molecule has 0 bridgehead atoms. The second-order valence-corrected chi connectivity index (χ2v) is 7.16. The molecule has 0 saturated carbocycles. The summed E-state index contributed by atoms with van der Waals surface area (Å²) in [6, 6.07) is 8.50. The van der Waals surface area contributed by atoms with Gasteiger partial charge in [0.2, 0.25) is 5.91 Å². The van der Waals surface area contributed by atoms with Crippen LogP contribution >= 0.6 is 11.8 Å². The summed E-state index contributed by atoms with van der Waals surface area (Å²) in [6.45, 7) is 4.37. The number of nitrogens with one attached hydrogen (secondary N) is 2. The molecule has 4 nitrogen and oxygen atoms in total. The lowest BCUT2D eigenvalue weighted by Crippen LogP contribution is -2.36. The Balaban J connectivity index is 1.90. The van der Waals surface area contributed by atoms with Crippen LogP contribution in [0.4, 0.5) is 11.4 Å². The Morgan fingerprint density at radius 3 is 2.64 bits per heavy atom. The number of rotatable bonds is 7. The van der Waals surface area contributed by atoms with E-state index in [1.54, 1.807) is 11.8 Å². The molecule has 1 aliphatic rings. The summed E-state index contributed by atoms with van der Waals surface area (Å²) in [7, 11) is 2.17. The summed E-state index contributed by atoms with van der Waals surface area (Å²) in [5, 5.41) is 6.64. The minimum atomic E-state index is 0.0959. The molecule has 1 aromatic rings. The van der Waals surface area contributed by atoms with Gasteiger partial charge in [0.15, 0.2) is 0 Å². The molecule has 0 radical (unpaired) electrons. The van der Waals surface area contributed by atoms with E-state index in [0.717, 1.165) is 48.8 Å². The highest BCUT2D eigenvalue weighted by atomic mass is 32.2. The molecule has 1 saturated heterocycles. The fourth-order valence-corrected chi connectivity index (χ4v) is 3.23.